The van der Waals surface area contributed by atoms with Crippen molar-refractivity contribution in [2.24, 2.45) is 17.8 Å². The molecule has 2 aliphatic heterocycles. The number of nitrogens with one attached hydrogen (secondary N) is 1. The molecule has 0 spiro atoms. The molecule has 2 aromatic rings. The van der Waals surface area contributed by atoms with Gasteiger partial charge in [-0.3, -0.25) is 0 Å². The summed E-state index contributed by atoms with van der Waals surface area (Å²) in [6.45, 7) is 4.65. The molecule has 1 aliphatic carbocycles. The number of aromatic nitrogens is 2. The molecule has 5 nitrogen and oxygen atoms in total. The molecule has 3 atom stereocenters. The SMILES string of the molecule is Fc1cccc(-c2cc(C(F)(F)F)c(NC3C[C@@H]4CN(CC5CCOCC5)C[C@@H]4C3)nn2)c1F. The lowest BCUT2D eigenvalue weighted by Crippen LogP contribution is -2.32. The number of ether oxygens (including phenoxy) is 1. The number of rotatable bonds is 5. The van der Waals surface area contributed by atoms with E-state index in [1.807, 2.05) is 0 Å². The van der Waals surface area contributed by atoms with Crippen molar-refractivity contribution < 1.29 is 26.7 Å². The summed E-state index contributed by atoms with van der Waals surface area (Å²) in [6, 6.07) is 3.90. The van der Waals surface area contributed by atoms with E-state index in [0.29, 0.717) is 17.8 Å². The molecule has 0 radical (unpaired) electrons. The first-order chi connectivity index (χ1) is 16.3. The summed E-state index contributed by atoms with van der Waals surface area (Å²) in [4.78, 5) is 2.49. The van der Waals surface area contributed by atoms with Gasteiger partial charge >= 0.3 is 6.18 Å². The van der Waals surface area contributed by atoms with E-state index in [1.54, 1.807) is 0 Å². The molecule has 3 fully saturated rings. The highest BCUT2D eigenvalue weighted by Crippen LogP contribution is 2.42. The molecule has 1 aromatic carbocycles. The van der Waals surface area contributed by atoms with Crippen LogP contribution in [0.4, 0.5) is 27.8 Å². The van der Waals surface area contributed by atoms with Crippen molar-refractivity contribution in [1.29, 1.82) is 0 Å². The predicted octanol–water partition coefficient (Wildman–Crippen LogP) is 4.99. The Bertz CT molecular complexity index is 1010. The molecular weight excluding hydrogens is 455 g/mol. The van der Waals surface area contributed by atoms with Crippen molar-refractivity contribution in [3.63, 3.8) is 0 Å². The van der Waals surface area contributed by atoms with E-state index in [2.05, 4.69) is 20.4 Å². The minimum Gasteiger partial charge on any atom is -0.381 e. The number of hydrogen-bond acceptors (Lipinski definition) is 5. The van der Waals surface area contributed by atoms with Gasteiger partial charge in [0.1, 0.15) is 5.56 Å². The average molecular weight is 482 g/mol. The molecule has 1 saturated carbocycles. The second kappa shape index (κ2) is 9.37. The summed E-state index contributed by atoms with van der Waals surface area (Å²) in [7, 11) is 0. The summed E-state index contributed by atoms with van der Waals surface area (Å²) in [5.41, 5.74) is -1.74. The van der Waals surface area contributed by atoms with Crippen LogP contribution in [-0.2, 0) is 10.9 Å². The van der Waals surface area contributed by atoms with E-state index in [-0.39, 0.29) is 23.1 Å². The summed E-state index contributed by atoms with van der Waals surface area (Å²) >= 11 is 0. The second-order valence-electron chi connectivity index (χ2n) is 9.70. The second-order valence-corrected chi connectivity index (χ2v) is 9.70. The first kappa shape index (κ1) is 23.4. The van der Waals surface area contributed by atoms with E-state index in [9.17, 15) is 22.0 Å². The Hall–Kier alpha value is -2.33. The Balaban J connectivity index is 1.26. The Labute approximate surface area is 194 Å². The number of likely N-dealkylation sites (tertiary alicyclic amines) is 1. The van der Waals surface area contributed by atoms with Crippen LogP contribution in [0, 0.1) is 29.4 Å². The molecule has 0 amide bonds. The van der Waals surface area contributed by atoms with Crippen molar-refractivity contribution in [3.05, 3.63) is 41.5 Å². The van der Waals surface area contributed by atoms with Crippen molar-refractivity contribution in [2.45, 2.75) is 37.9 Å². The quantitative estimate of drug-likeness (QED) is 0.609. The summed E-state index contributed by atoms with van der Waals surface area (Å²) in [5, 5.41) is 10.5. The van der Waals surface area contributed by atoms with E-state index in [0.717, 1.165) is 70.7 Å². The number of anilines is 1. The highest BCUT2D eigenvalue weighted by molar-refractivity contribution is 5.63. The molecule has 1 N–H and O–H groups in total. The molecule has 10 heteroatoms. The third-order valence-electron chi connectivity index (χ3n) is 7.35. The van der Waals surface area contributed by atoms with E-state index in [4.69, 9.17) is 4.74 Å². The first-order valence-corrected chi connectivity index (χ1v) is 11.7. The maximum absolute atomic E-state index is 14.1. The number of alkyl halides is 3. The fraction of sp³-hybridized carbons (Fsp3) is 0.583. The van der Waals surface area contributed by atoms with Gasteiger partial charge in [0.05, 0.1) is 5.69 Å². The highest BCUT2D eigenvalue weighted by atomic mass is 19.4. The molecule has 3 heterocycles. The van der Waals surface area contributed by atoms with E-state index >= 15 is 0 Å². The van der Waals surface area contributed by atoms with Crippen molar-refractivity contribution in [1.82, 2.24) is 15.1 Å². The van der Waals surface area contributed by atoms with Crippen LogP contribution in [0.15, 0.2) is 24.3 Å². The van der Waals surface area contributed by atoms with Gasteiger partial charge < -0.3 is 15.0 Å². The zero-order chi connectivity index (χ0) is 23.9. The van der Waals surface area contributed by atoms with Crippen LogP contribution in [-0.4, -0.2) is 54.0 Å². The monoisotopic (exact) mass is 482 g/mol. The molecule has 34 heavy (non-hydrogen) atoms. The van der Waals surface area contributed by atoms with Crippen molar-refractivity contribution in [3.8, 4) is 11.3 Å². The molecule has 5 rings (SSSR count). The van der Waals surface area contributed by atoms with Crippen LogP contribution in [0.5, 0.6) is 0 Å². The lowest BCUT2D eigenvalue weighted by Gasteiger charge is -2.28. The topological polar surface area (TPSA) is 50.3 Å². The predicted molar refractivity (Wildman–Crippen MR) is 116 cm³/mol. The maximum atomic E-state index is 14.1. The van der Waals surface area contributed by atoms with Gasteiger partial charge in [0.15, 0.2) is 17.5 Å². The van der Waals surface area contributed by atoms with Gasteiger partial charge in [-0.05, 0) is 61.6 Å². The Morgan fingerprint density at radius 3 is 2.41 bits per heavy atom. The Morgan fingerprint density at radius 2 is 1.74 bits per heavy atom. The molecular formula is C24H27F5N4O. The fourth-order valence-electron chi connectivity index (χ4n) is 5.70. The molecule has 1 unspecified atom stereocenters. The van der Waals surface area contributed by atoms with Gasteiger partial charge in [-0.15, -0.1) is 10.2 Å². The normalized spacial score (nSPS) is 26.1. The van der Waals surface area contributed by atoms with Crippen molar-refractivity contribution in [2.75, 3.05) is 38.2 Å². The number of halogens is 5. The van der Waals surface area contributed by atoms with Crippen LogP contribution in [0.1, 0.15) is 31.2 Å². The van der Waals surface area contributed by atoms with Crippen molar-refractivity contribution >= 4 is 5.82 Å². The van der Waals surface area contributed by atoms with E-state index < -0.39 is 23.4 Å². The number of fused-ring (bicyclic) bond motifs is 1. The average Bonchev–Trinajstić information content (AvgIpc) is 3.34. The summed E-state index contributed by atoms with van der Waals surface area (Å²) in [5.74, 6) is -1.22. The zero-order valence-corrected chi connectivity index (χ0v) is 18.6. The van der Waals surface area contributed by atoms with Crippen LogP contribution < -0.4 is 5.32 Å². The standard InChI is InChI=1S/C24H27F5N4O/c25-20-3-1-2-18(22(20)26)21-10-19(24(27,28)29)23(32-31-21)30-17-8-15-12-33(13-16(15)9-17)11-14-4-6-34-7-5-14/h1-3,10,14-17H,4-9,11-13H2,(H,30,32)/t15-,16+,17?. The third kappa shape index (κ3) is 4.88. The number of nitrogens with zero attached hydrogens (tertiary/aromatic N) is 3. The van der Waals surface area contributed by atoms with Crippen LogP contribution >= 0.6 is 0 Å². The fourth-order valence-corrected chi connectivity index (χ4v) is 5.70. The Kier molecular flexibility index (Phi) is 6.45. The smallest absolute Gasteiger partial charge is 0.381 e. The van der Waals surface area contributed by atoms with Gasteiger partial charge in [-0.2, -0.15) is 13.2 Å². The number of hydrogen-bond donors (Lipinski definition) is 1. The van der Waals surface area contributed by atoms with Gasteiger partial charge in [0.2, 0.25) is 0 Å². The van der Waals surface area contributed by atoms with Crippen LogP contribution in [0.3, 0.4) is 0 Å². The van der Waals surface area contributed by atoms with Crippen LogP contribution in [0.2, 0.25) is 0 Å². The lowest BCUT2D eigenvalue weighted by molar-refractivity contribution is -0.137. The third-order valence-corrected chi connectivity index (χ3v) is 7.35. The minimum atomic E-state index is -4.72. The van der Waals surface area contributed by atoms with Gasteiger partial charge in [-0.25, -0.2) is 8.78 Å². The largest absolute Gasteiger partial charge is 0.420 e. The molecule has 2 saturated heterocycles. The van der Waals surface area contributed by atoms with E-state index in [1.165, 1.54) is 12.1 Å². The van der Waals surface area contributed by atoms with Gasteiger partial charge in [-0.1, -0.05) is 6.07 Å². The number of benzene rings is 1. The highest BCUT2D eigenvalue weighted by Gasteiger charge is 2.43. The first-order valence-electron chi connectivity index (χ1n) is 11.7. The Morgan fingerprint density at radius 1 is 1.03 bits per heavy atom. The summed E-state index contributed by atoms with van der Waals surface area (Å²) < 4.78 is 74.5. The van der Waals surface area contributed by atoms with Crippen LogP contribution in [0.25, 0.3) is 11.3 Å². The molecule has 1 aromatic heterocycles. The van der Waals surface area contributed by atoms with Gasteiger partial charge in [0, 0.05) is 44.5 Å². The summed E-state index contributed by atoms with van der Waals surface area (Å²) in [6.07, 6.45) is -0.997. The lowest BCUT2D eigenvalue weighted by atomic mass is 10.00. The zero-order valence-electron chi connectivity index (χ0n) is 18.6. The van der Waals surface area contributed by atoms with Gasteiger partial charge in [0.25, 0.3) is 0 Å². The molecule has 3 aliphatic rings. The maximum Gasteiger partial charge on any atom is 0.420 e. The molecule has 0 bridgehead atoms. The minimum absolute atomic E-state index is 0.132. The molecule has 184 valence electrons.